The fourth-order valence-corrected chi connectivity index (χ4v) is 2.61. The summed E-state index contributed by atoms with van der Waals surface area (Å²) in [4.78, 5) is 22.5. The molecule has 1 rings (SSSR count). The monoisotopic (exact) mass is 320 g/mol. The molecule has 4 nitrogen and oxygen atoms in total. The normalized spacial score (nSPS) is 26.5. The Balaban J connectivity index is 2.82. The van der Waals surface area contributed by atoms with Crippen molar-refractivity contribution in [3.05, 3.63) is 0 Å². The maximum Gasteiger partial charge on any atom is 0.471 e. The van der Waals surface area contributed by atoms with E-state index < -0.39 is 48.5 Å². The van der Waals surface area contributed by atoms with Gasteiger partial charge in [-0.05, 0) is 19.3 Å². The van der Waals surface area contributed by atoms with E-state index in [-0.39, 0.29) is 12.8 Å². The smallest absolute Gasteiger partial charge is 0.359 e. The Hall–Kier alpha value is -1.48. The van der Waals surface area contributed by atoms with Crippen molar-refractivity contribution in [2.75, 3.05) is 7.05 Å². The number of hydrogen-bond donors (Lipinski definition) is 2. The standard InChI is InChI=1S/C11H14F6N2O2/c1-18-7(20)9(5-10(12,13)14)3-2-6(4-9)19-8(21)11(15,16)17/h6H,2-5H2,1H3,(H,18,20)(H,19,21). The predicted octanol–water partition coefficient (Wildman–Crippen LogP) is 1.90. The molecule has 0 spiro atoms. The molecule has 2 N–H and O–H groups in total. The summed E-state index contributed by atoms with van der Waals surface area (Å²) < 4.78 is 74.1. The molecule has 2 unspecified atom stereocenters. The van der Waals surface area contributed by atoms with Gasteiger partial charge in [-0.15, -0.1) is 0 Å². The zero-order valence-corrected chi connectivity index (χ0v) is 11.0. The number of halogens is 6. The van der Waals surface area contributed by atoms with Crippen LogP contribution in [-0.2, 0) is 9.59 Å². The highest BCUT2D eigenvalue weighted by Gasteiger charge is 2.52. The minimum atomic E-state index is -5.11. The Labute approximate surface area is 116 Å². The van der Waals surface area contributed by atoms with Crippen LogP contribution in [0.4, 0.5) is 26.3 Å². The summed E-state index contributed by atoms with van der Waals surface area (Å²) in [7, 11) is 1.15. The first kappa shape index (κ1) is 17.6. The van der Waals surface area contributed by atoms with Crippen LogP contribution in [0, 0.1) is 5.41 Å². The van der Waals surface area contributed by atoms with E-state index in [1.165, 1.54) is 0 Å². The van der Waals surface area contributed by atoms with E-state index in [2.05, 4.69) is 5.32 Å². The fourth-order valence-electron chi connectivity index (χ4n) is 2.61. The number of carbonyl (C=O) groups excluding carboxylic acids is 2. The molecule has 2 atom stereocenters. The lowest BCUT2D eigenvalue weighted by Crippen LogP contribution is -2.45. The van der Waals surface area contributed by atoms with Gasteiger partial charge in [0.1, 0.15) is 0 Å². The Bertz CT molecular complexity index is 420. The Morgan fingerprint density at radius 2 is 1.76 bits per heavy atom. The van der Waals surface area contributed by atoms with E-state index in [0.717, 1.165) is 7.05 Å². The number of nitrogens with one attached hydrogen (secondary N) is 2. The van der Waals surface area contributed by atoms with Gasteiger partial charge in [-0.2, -0.15) is 26.3 Å². The van der Waals surface area contributed by atoms with Crippen LogP contribution in [0.1, 0.15) is 25.7 Å². The Morgan fingerprint density at radius 1 is 1.19 bits per heavy atom. The molecule has 0 aromatic rings. The van der Waals surface area contributed by atoms with Crippen LogP contribution in [0.15, 0.2) is 0 Å². The van der Waals surface area contributed by atoms with Gasteiger partial charge in [0.25, 0.3) is 0 Å². The van der Waals surface area contributed by atoms with Gasteiger partial charge in [-0.1, -0.05) is 0 Å². The minimum absolute atomic E-state index is 0.120. The molecular weight excluding hydrogens is 306 g/mol. The van der Waals surface area contributed by atoms with Crippen molar-refractivity contribution >= 4 is 11.8 Å². The lowest BCUT2D eigenvalue weighted by atomic mass is 9.81. The quantitative estimate of drug-likeness (QED) is 0.781. The van der Waals surface area contributed by atoms with Crippen LogP contribution in [0.5, 0.6) is 0 Å². The van der Waals surface area contributed by atoms with Crippen LogP contribution in [0.2, 0.25) is 0 Å². The summed E-state index contributed by atoms with van der Waals surface area (Å²) in [5.74, 6) is -3.10. The van der Waals surface area contributed by atoms with Crippen molar-refractivity contribution in [1.29, 1.82) is 0 Å². The summed E-state index contributed by atoms with van der Waals surface area (Å²) >= 11 is 0. The SMILES string of the molecule is CNC(=O)C1(CC(F)(F)F)CCC(NC(=O)C(F)(F)F)C1. The number of rotatable bonds is 3. The third-order valence-electron chi connectivity index (χ3n) is 3.45. The molecule has 1 saturated carbocycles. The lowest BCUT2D eigenvalue weighted by molar-refractivity contribution is -0.175. The van der Waals surface area contributed by atoms with Crippen LogP contribution >= 0.6 is 0 Å². The average molecular weight is 320 g/mol. The summed E-state index contributed by atoms with van der Waals surface area (Å²) in [5.41, 5.74) is -1.84. The summed E-state index contributed by atoms with van der Waals surface area (Å²) in [6.07, 6.45) is -12.0. The topological polar surface area (TPSA) is 58.2 Å². The molecule has 0 aromatic carbocycles. The number of carbonyl (C=O) groups is 2. The van der Waals surface area contributed by atoms with Gasteiger partial charge in [0.2, 0.25) is 5.91 Å². The molecule has 21 heavy (non-hydrogen) atoms. The van der Waals surface area contributed by atoms with Crippen LogP contribution in [-0.4, -0.2) is 37.3 Å². The molecule has 0 saturated heterocycles. The highest BCUT2D eigenvalue weighted by atomic mass is 19.4. The fraction of sp³-hybridized carbons (Fsp3) is 0.818. The third kappa shape index (κ3) is 4.50. The number of hydrogen-bond acceptors (Lipinski definition) is 2. The van der Waals surface area contributed by atoms with Crippen molar-refractivity contribution in [3.63, 3.8) is 0 Å². The maximum atomic E-state index is 12.6. The zero-order valence-electron chi connectivity index (χ0n) is 11.0. The summed E-state index contributed by atoms with van der Waals surface area (Å²) in [6.45, 7) is 0. The second kappa shape index (κ2) is 5.72. The van der Waals surface area contributed by atoms with Crippen molar-refractivity contribution < 1.29 is 35.9 Å². The first-order valence-electron chi connectivity index (χ1n) is 6.06. The van der Waals surface area contributed by atoms with E-state index in [4.69, 9.17) is 0 Å². The van der Waals surface area contributed by atoms with Gasteiger partial charge >= 0.3 is 18.3 Å². The molecule has 122 valence electrons. The maximum absolute atomic E-state index is 12.6. The molecule has 0 radical (unpaired) electrons. The molecule has 1 aliphatic carbocycles. The zero-order chi connectivity index (χ0) is 16.5. The largest absolute Gasteiger partial charge is 0.471 e. The molecule has 10 heteroatoms. The second-order valence-electron chi connectivity index (χ2n) is 5.06. The van der Waals surface area contributed by atoms with Crippen molar-refractivity contribution in [1.82, 2.24) is 10.6 Å². The van der Waals surface area contributed by atoms with E-state index in [0.29, 0.717) is 0 Å². The minimum Gasteiger partial charge on any atom is -0.359 e. The highest BCUT2D eigenvalue weighted by molar-refractivity contribution is 5.84. The molecule has 0 heterocycles. The van der Waals surface area contributed by atoms with Crippen LogP contribution < -0.4 is 10.6 Å². The van der Waals surface area contributed by atoms with Crippen molar-refractivity contribution in [2.45, 2.75) is 44.1 Å². The molecule has 0 bridgehead atoms. The van der Waals surface area contributed by atoms with Gasteiger partial charge in [0, 0.05) is 13.1 Å². The van der Waals surface area contributed by atoms with E-state index in [1.807, 2.05) is 0 Å². The molecule has 1 aliphatic rings. The van der Waals surface area contributed by atoms with Crippen LogP contribution in [0.3, 0.4) is 0 Å². The summed E-state index contributed by atoms with van der Waals surface area (Å²) in [6, 6.07) is -1.11. The van der Waals surface area contributed by atoms with Gasteiger partial charge in [-0.25, -0.2) is 0 Å². The van der Waals surface area contributed by atoms with E-state index in [9.17, 15) is 35.9 Å². The summed E-state index contributed by atoms with van der Waals surface area (Å²) in [5, 5.41) is 3.73. The van der Waals surface area contributed by atoms with E-state index in [1.54, 1.807) is 5.32 Å². The molecule has 2 amide bonds. The van der Waals surface area contributed by atoms with Crippen molar-refractivity contribution in [3.8, 4) is 0 Å². The molecule has 1 fully saturated rings. The first-order chi connectivity index (χ1) is 9.39. The Morgan fingerprint density at radius 3 is 2.19 bits per heavy atom. The Kier molecular flexibility index (Phi) is 4.79. The van der Waals surface area contributed by atoms with Crippen molar-refractivity contribution in [2.24, 2.45) is 5.41 Å². The van der Waals surface area contributed by atoms with Gasteiger partial charge in [0.05, 0.1) is 11.8 Å². The highest BCUT2D eigenvalue weighted by Crippen LogP contribution is 2.46. The second-order valence-corrected chi connectivity index (χ2v) is 5.06. The van der Waals surface area contributed by atoms with Gasteiger partial charge < -0.3 is 10.6 Å². The molecular formula is C11H14F6N2O2. The van der Waals surface area contributed by atoms with E-state index >= 15 is 0 Å². The molecule has 0 aromatic heterocycles. The number of alkyl halides is 6. The predicted molar refractivity (Wildman–Crippen MR) is 59.0 cm³/mol. The first-order valence-corrected chi connectivity index (χ1v) is 6.06. The van der Waals surface area contributed by atoms with Gasteiger partial charge in [0.15, 0.2) is 0 Å². The number of amides is 2. The lowest BCUT2D eigenvalue weighted by Gasteiger charge is -2.28. The molecule has 0 aliphatic heterocycles. The van der Waals surface area contributed by atoms with Gasteiger partial charge in [-0.3, -0.25) is 9.59 Å². The van der Waals surface area contributed by atoms with Crippen LogP contribution in [0.25, 0.3) is 0 Å². The average Bonchev–Trinajstić information content (AvgIpc) is 2.68. The third-order valence-corrected chi connectivity index (χ3v) is 3.45.